The average molecular weight is 199 g/mol. The molecule has 0 heterocycles. The molecule has 0 bridgehead atoms. The Bertz CT molecular complexity index is 203. The summed E-state index contributed by atoms with van der Waals surface area (Å²) in [6.07, 6.45) is 6.06. The lowest BCUT2D eigenvalue weighted by Gasteiger charge is -2.10. The smallest absolute Gasteiger partial charge is 0.180 e. The second-order valence-corrected chi connectivity index (χ2v) is 4.38. The molecule has 1 rings (SSSR count). The number of rotatable bonds is 2. The molecule has 1 saturated carbocycles. The maximum Gasteiger partial charge on any atom is 0.180 e. The standard InChI is InChI=1S/C9H17N3S/c1-2-13-9(10)12-11-8-6-4-3-5-7-8/h2-7H2,1H3,(H2,10,12). The molecule has 3 nitrogen and oxygen atoms in total. The SMILES string of the molecule is CCSC(N)=NN=C1CCCCC1. The molecule has 0 aliphatic heterocycles. The zero-order valence-electron chi connectivity index (χ0n) is 8.12. The minimum atomic E-state index is 0.584. The van der Waals surface area contributed by atoms with Crippen LogP contribution in [0.1, 0.15) is 39.0 Å². The number of nitrogens with two attached hydrogens (primary N) is 1. The first-order valence-electron chi connectivity index (χ1n) is 4.84. The van der Waals surface area contributed by atoms with E-state index in [4.69, 9.17) is 5.73 Å². The monoisotopic (exact) mass is 199 g/mol. The summed E-state index contributed by atoms with van der Waals surface area (Å²) in [6, 6.07) is 0. The van der Waals surface area contributed by atoms with Gasteiger partial charge in [-0.1, -0.05) is 25.1 Å². The minimum Gasteiger partial charge on any atom is -0.377 e. The summed E-state index contributed by atoms with van der Waals surface area (Å²) in [5, 5.41) is 8.73. The highest BCUT2D eigenvalue weighted by Gasteiger charge is 2.05. The van der Waals surface area contributed by atoms with Crippen molar-refractivity contribution in [1.29, 1.82) is 0 Å². The number of hydrogen-bond acceptors (Lipinski definition) is 3. The van der Waals surface area contributed by atoms with E-state index in [1.165, 1.54) is 25.0 Å². The molecule has 74 valence electrons. The van der Waals surface area contributed by atoms with Gasteiger partial charge in [-0.3, -0.25) is 0 Å². The van der Waals surface area contributed by atoms with Gasteiger partial charge in [0.15, 0.2) is 5.17 Å². The van der Waals surface area contributed by atoms with Gasteiger partial charge in [0.05, 0.1) is 0 Å². The van der Waals surface area contributed by atoms with E-state index in [2.05, 4.69) is 17.1 Å². The zero-order valence-corrected chi connectivity index (χ0v) is 8.94. The molecule has 0 saturated heterocycles. The maximum absolute atomic E-state index is 5.61. The van der Waals surface area contributed by atoms with Gasteiger partial charge in [-0.15, -0.1) is 5.10 Å². The van der Waals surface area contributed by atoms with Gasteiger partial charge in [-0.2, -0.15) is 5.10 Å². The van der Waals surface area contributed by atoms with Crippen LogP contribution in [0.3, 0.4) is 0 Å². The molecule has 0 spiro atoms. The van der Waals surface area contributed by atoms with Crippen LogP contribution < -0.4 is 5.73 Å². The fourth-order valence-electron chi connectivity index (χ4n) is 1.36. The maximum atomic E-state index is 5.61. The number of hydrogen-bond donors (Lipinski definition) is 1. The lowest BCUT2D eigenvalue weighted by molar-refractivity contribution is 0.664. The third kappa shape index (κ3) is 4.31. The van der Waals surface area contributed by atoms with Crippen molar-refractivity contribution < 1.29 is 0 Å². The summed E-state index contributed by atoms with van der Waals surface area (Å²) in [5.74, 6) is 0.959. The van der Waals surface area contributed by atoms with E-state index >= 15 is 0 Å². The lowest BCUT2D eigenvalue weighted by Crippen LogP contribution is -2.08. The van der Waals surface area contributed by atoms with E-state index in [9.17, 15) is 0 Å². The highest BCUT2D eigenvalue weighted by molar-refractivity contribution is 8.13. The van der Waals surface area contributed by atoms with E-state index < -0.39 is 0 Å². The summed E-state index contributed by atoms with van der Waals surface area (Å²) < 4.78 is 0. The van der Waals surface area contributed by atoms with Crippen molar-refractivity contribution in [3.8, 4) is 0 Å². The van der Waals surface area contributed by atoms with Crippen LogP contribution in [0.2, 0.25) is 0 Å². The number of amidine groups is 1. The third-order valence-corrected chi connectivity index (χ3v) is 2.68. The Balaban J connectivity index is 2.39. The first-order valence-corrected chi connectivity index (χ1v) is 5.83. The van der Waals surface area contributed by atoms with Crippen molar-refractivity contribution in [1.82, 2.24) is 0 Å². The molecule has 0 amide bonds. The largest absolute Gasteiger partial charge is 0.377 e. The Labute approximate surface area is 83.9 Å². The van der Waals surface area contributed by atoms with Crippen molar-refractivity contribution in [3.63, 3.8) is 0 Å². The molecule has 0 aromatic heterocycles. The first-order chi connectivity index (χ1) is 6.33. The molecule has 0 unspecified atom stereocenters. The summed E-state index contributed by atoms with van der Waals surface area (Å²) in [5.41, 5.74) is 6.82. The minimum absolute atomic E-state index is 0.584. The van der Waals surface area contributed by atoms with Crippen LogP contribution in [0.5, 0.6) is 0 Å². The van der Waals surface area contributed by atoms with Crippen molar-refractivity contribution in [3.05, 3.63) is 0 Å². The van der Waals surface area contributed by atoms with E-state index in [0.29, 0.717) is 5.17 Å². The fraction of sp³-hybridized carbons (Fsp3) is 0.778. The van der Waals surface area contributed by atoms with Gasteiger partial charge in [0.2, 0.25) is 0 Å². The number of nitrogens with zero attached hydrogens (tertiary/aromatic N) is 2. The van der Waals surface area contributed by atoms with Gasteiger partial charge in [-0.05, 0) is 31.4 Å². The van der Waals surface area contributed by atoms with Crippen LogP contribution in [0.25, 0.3) is 0 Å². The molecular weight excluding hydrogens is 182 g/mol. The molecule has 1 aliphatic rings. The molecule has 13 heavy (non-hydrogen) atoms. The van der Waals surface area contributed by atoms with Crippen LogP contribution in [0.4, 0.5) is 0 Å². The quantitative estimate of drug-likeness (QED) is 0.422. The molecule has 0 atom stereocenters. The Morgan fingerprint density at radius 2 is 2.08 bits per heavy atom. The Morgan fingerprint density at radius 1 is 1.38 bits per heavy atom. The topological polar surface area (TPSA) is 50.7 Å². The summed E-state index contributed by atoms with van der Waals surface area (Å²) in [4.78, 5) is 0. The average Bonchev–Trinajstić information content (AvgIpc) is 2.17. The van der Waals surface area contributed by atoms with Crippen molar-refractivity contribution in [2.45, 2.75) is 39.0 Å². The second-order valence-electron chi connectivity index (χ2n) is 3.10. The van der Waals surface area contributed by atoms with E-state index in [-0.39, 0.29) is 0 Å². The Kier molecular flexibility index (Phi) is 4.90. The van der Waals surface area contributed by atoms with Gasteiger partial charge in [0, 0.05) is 5.71 Å². The highest BCUT2D eigenvalue weighted by atomic mass is 32.2. The van der Waals surface area contributed by atoms with Crippen LogP contribution in [-0.2, 0) is 0 Å². The number of thioether (sulfide) groups is 1. The predicted molar refractivity (Wildman–Crippen MR) is 60.3 cm³/mol. The van der Waals surface area contributed by atoms with Gasteiger partial charge >= 0.3 is 0 Å². The normalized spacial score (nSPS) is 18.8. The summed E-state index contributed by atoms with van der Waals surface area (Å²) in [7, 11) is 0. The van der Waals surface area contributed by atoms with Crippen LogP contribution in [-0.4, -0.2) is 16.6 Å². The fourth-order valence-corrected chi connectivity index (χ4v) is 1.75. The lowest BCUT2D eigenvalue weighted by atomic mass is 9.99. The first kappa shape index (κ1) is 10.6. The third-order valence-electron chi connectivity index (χ3n) is 2.01. The van der Waals surface area contributed by atoms with Crippen LogP contribution >= 0.6 is 11.8 Å². The Hall–Kier alpha value is -0.510. The van der Waals surface area contributed by atoms with E-state index in [0.717, 1.165) is 18.6 Å². The molecule has 1 aliphatic carbocycles. The van der Waals surface area contributed by atoms with E-state index in [1.54, 1.807) is 11.8 Å². The molecule has 0 aromatic carbocycles. The molecule has 2 N–H and O–H groups in total. The predicted octanol–water partition coefficient (Wildman–Crippen LogP) is 2.37. The van der Waals surface area contributed by atoms with E-state index in [1.807, 2.05) is 0 Å². The summed E-state index contributed by atoms with van der Waals surface area (Å²) >= 11 is 1.54. The van der Waals surface area contributed by atoms with Crippen molar-refractivity contribution in [2.24, 2.45) is 15.9 Å². The second kappa shape index (κ2) is 6.02. The van der Waals surface area contributed by atoms with Crippen molar-refractivity contribution >= 4 is 22.6 Å². The molecule has 1 fully saturated rings. The molecule has 0 radical (unpaired) electrons. The van der Waals surface area contributed by atoms with Gasteiger partial charge in [-0.25, -0.2) is 0 Å². The zero-order chi connectivity index (χ0) is 9.52. The highest BCUT2D eigenvalue weighted by Crippen LogP contribution is 2.15. The molecule has 0 aromatic rings. The van der Waals surface area contributed by atoms with Gasteiger partial charge in [0.25, 0.3) is 0 Å². The van der Waals surface area contributed by atoms with Crippen LogP contribution in [0.15, 0.2) is 10.2 Å². The van der Waals surface area contributed by atoms with Gasteiger partial charge < -0.3 is 5.73 Å². The van der Waals surface area contributed by atoms with Crippen LogP contribution in [0, 0.1) is 0 Å². The van der Waals surface area contributed by atoms with Crippen molar-refractivity contribution in [2.75, 3.05) is 5.75 Å². The summed E-state index contributed by atoms with van der Waals surface area (Å²) in [6.45, 7) is 2.06. The van der Waals surface area contributed by atoms with Gasteiger partial charge in [0.1, 0.15) is 0 Å². The molecular formula is C9H17N3S. The molecule has 4 heteroatoms. The Morgan fingerprint density at radius 3 is 2.69 bits per heavy atom.